The van der Waals surface area contributed by atoms with E-state index in [0.29, 0.717) is 43.6 Å². The monoisotopic (exact) mass is 496 g/mol. The number of hydrogen-bond donors (Lipinski definition) is 2. The van der Waals surface area contributed by atoms with E-state index in [9.17, 15) is 5.11 Å². The Morgan fingerprint density at radius 1 is 1.08 bits per heavy atom. The quantitative estimate of drug-likeness (QED) is 0.405. The number of rotatable bonds is 13. The van der Waals surface area contributed by atoms with E-state index in [0.717, 1.165) is 23.9 Å². The Hall–Kier alpha value is -2.62. The Kier molecular flexibility index (Phi) is 7.23. The molecule has 1 aromatic heterocycles. The fourth-order valence-electron chi connectivity index (χ4n) is 5.21. The summed E-state index contributed by atoms with van der Waals surface area (Å²) >= 11 is 0. The second kappa shape index (κ2) is 10.4. The van der Waals surface area contributed by atoms with Crippen molar-refractivity contribution in [2.24, 2.45) is 11.8 Å². The summed E-state index contributed by atoms with van der Waals surface area (Å²) in [5.74, 6) is 1.34. The summed E-state index contributed by atoms with van der Waals surface area (Å²) in [4.78, 5) is 15.4. The number of fused-ring (bicyclic) bond motifs is 1. The molecule has 2 fully saturated rings. The summed E-state index contributed by atoms with van der Waals surface area (Å²) < 4.78 is 10.7. The highest BCUT2D eigenvalue weighted by molar-refractivity contribution is 5.83. The minimum atomic E-state index is -1.30. The number of ether oxygens (including phenoxy) is 2. The van der Waals surface area contributed by atoms with E-state index in [4.69, 9.17) is 15.2 Å². The van der Waals surface area contributed by atoms with Crippen LogP contribution in [0.5, 0.6) is 6.01 Å². The van der Waals surface area contributed by atoms with Crippen LogP contribution in [0.15, 0.2) is 24.3 Å². The highest BCUT2D eigenvalue weighted by Gasteiger charge is 2.47. The molecule has 1 aromatic carbocycles. The molecule has 3 aliphatic rings. The lowest BCUT2D eigenvalue weighted by atomic mass is 10.1. The van der Waals surface area contributed by atoms with E-state index >= 15 is 0 Å². The zero-order valence-electron chi connectivity index (χ0n) is 21.8. The molecule has 2 aliphatic carbocycles. The fourth-order valence-corrected chi connectivity index (χ4v) is 5.21. The van der Waals surface area contributed by atoms with Crippen molar-refractivity contribution >= 4 is 17.3 Å². The van der Waals surface area contributed by atoms with Crippen LogP contribution in [0.4, 0.5) is 17.3 Å². The number of nitrogen functional groups attached to an aromatic ring is 1. The van der Waals surface area contributed by atoms with Gasteiger partial charge in [0, 0.05) is 46.8 Å². The number of anilines is 3. The molecule has 196 valence electrons. The molecule has 0 amide bonds. The van der Waals surface area contributed by atoms with Gasteiger partial charge in [-0.1, -0.05) is 24.3 Å². The van der Waals surface area contributed by atoms with Crippen molar-refractivity contribution < 1.29 is 14.6 Å². The molecular formula is C27H40N6O3. The Balaban J connectivity index is 1.37. The molecule has 0 spiro atoms. The van der Waals surface area contributed by atoms with Gasteiger partial charge < -0.3 is 30.1 Å². The smallest absolute Gasteiger partial charge is 0.320 e. The number of hydrogen-bond acceptors (Lipinski definition) is 9. The lowest BCUT2D eigenvalue weighted by molar-refractivity contribution is 0.0587. The number of nitrogens with two attached hydrogens (primary N) is 1. The first-order chi connectivity index (χ1) is 17.4. The SMILES string of the molecule is CCN1c2c(N)nc(OCCOC)nc2N(Cc2cccc(CN(CC3CC3)CC3CC3)c2)C1(C)O. The van der Waals surface area contributed by atoms with Gasteiger partial charge in [0.1, 0.15) is 12.3 Å². The highest BCUT2D eigenvalue weighted by Crippen LogP contribution is 2.47. The van der Waals surface area contributed by atoms with Crippen LogP contribution in [0.2, 0.25) is 0 Å². The normalized spacial score (nSPS) is 21.4. The molecule has 5 rings (SSSR count). The molecule has 0 bridgehead atoms. The summed E-state index contributed by atoms with van der Waals surface area (Å²) in [7, 11) is 1.62. The minimum absolute atomic E-state index is 0.187. The van der Waals surface area contributed by atoms with Gasteiger partial charge in [-0.15, -0.1) is 0 Å². The highest BCUT2D eigenvalue weighted by atomic mass is 16.5. The van der Waals surface area contributed by atoms with Gasteiger partial charge in [-0.25, -0.2) is 0 Å². The second-order valence-corrected chi connectivity index (χ2v) is 10.6. The molecular weight excluding hydrogens is 456 g/mol. The summed E-state index contributed by atoms with van der Waals surface area (Å²) in [5.41, 5.74) is 9.41. The molecule has 9 heteroatoms. The number of methoxy groups -OCH3 is 1. The third-order valence-corrected chi connectivity index (χ3v) is 7.42. The zero-order valence-corrected chi connectivity index (χ0v) is 21.8. The van der Waals surface area contributed by atoms with Crippen LogP contribution in [0.25, 0.3) is 0 Å². The van der Waals surface area contributed by atoms with Gasteiger partial charge in [0.25, 0.3) is 0 Å². The molecule has 3 N–H and O–H groups in total. The molecule has 0 radical (unpaired) electrons. The third-order valence-electron chi connectivity index (χ3n) is 7.42. The predicted octanol–water partition coefficient (Wildman–Crippen LogP) is 3.22. The van der Waals surface area contributed by atoms with Crippen LogP contribution in [0.1, 0.15) is 50.7 Å². The first kappa shape index (κ1) is 25.0. The van der Waals surface area contributed by atoms with E-state index in [-0.39, 0.29) is 6.01 Å². The van der Waals surface area contributed by atoms with Crippen LogP contribution in [0, 0.1) is 11.8 Å². The van der Waals surface area contributed by atoms with E-state index in [2.05, 4.69) is 39.1 Å². The molecule has 2 heterocycles. The molecule has 1 aliphatic heterocycles. The molecule has 9 nitrogen and oxygen atoms in total. The average Bonchev–Trinajstić information content (AvgIpc) is 3.77. The molecule has 1 unspecified atom stereocenters. The van der Waals surface area contributed by atoms with Crippen LogP contribution in [-0.2, 0) is 17.8 Å². The first-order valence-corrected chi connectivity index (χ1v) is 13.3. The average molecular weight is 497 g/mol. The number of nitrogens with zero attached hydrogens (tertiary/aromatic N) is 5. The van der Waals surface area contributed by atoms with Gasteiger partial charge in [0.15, 0.2) is 11.6 Å². The Labute approximate surface area is 214 Å². The van der Waals surface area contributed by atoms with E-state index < -0.39 is 5.85 Å². The molecule has 2 aromatic rings. The first-order valence-electron chi connectivity index (χ1n) is 13.3. The van der Waals surface area contributed by atoms with Gasteiger partial charge in [-0.3, -0.25) is 4.90 Å². The van der Waals surface area contributed by atoms with Crippen molar-refractivity contribution in [1.82, 2.24) is 14.9 Å². The van der Waals surface area contributed by atoms with Crippen LogP contribution < -0.4 is 20.3 Å². The van der Waals surface area contributed by atoms with Gasteiger partial charge in [0.2, 0.25) is 5.85 Å². The predicted molar refractivity (Wildman–Crippen MR) is 141 cm³/mol. The summed E-state index contributed by atoms with van der Waals surface area (Å²) in [6, 6.07) is 8.89. The minimum Gasteiger partial charge on any atom is -0.461 e. The number of aliphatic hydroxyl groups is 1. The summed E-state index contributed by atoms with van der Waals surface area (Å²) in [6.07, 6.45) is 5.50. The molecule has 2 saturated carbocycles. The standard InChI is InChI=1S/C27H40N6O3/c1-4-32-23-24(28)29-26(36-13-12-35-3)30-25(23)33(27(32,2)34)18-22-7-5-6-21(14-22)17-31(15-19-8-9-19)16-20-10-11-20/h5-7,14,19-20,34H,4,8-13,15-18H2,1-3H3,(H2,28,29,30). The Morgan fingerprint density at radius 2 is 1.78 bits per heavy atom. The van der Waals surface area contributed by atoms with Gasteiger partial charge in [-0.2, -0.15) is 9.97 Å². The van der Waals surface area contributed by atoms with Crippen LogP contribution >= 0.6 is 0 Å². The lowest BCUT2D eigenvalue weighted by Crippen LogP contribution is -2.54. The molecule has 0 saturated heterocycles. The maximum absolute atomic E-state index is 11.6. The van der Waals surface area contributed by atoms with Crippen molar-refractivity contribution in [1.29, 1.82) is 0 Å². The van der Waals surface area contributed by atoms with Crippen molar-refractivity contribution in [2.75, 3.05) is 55.5 Å². The summed E-state index contributed by atoms with van der Waals surface area (Å²) in [6.45, 7) is 8.96. The van der Waals surface area contributed by atoms with Crippen molar-refractivity contribution in [3.05, 3.63) is 35.4 Å². The second-order valence-electron chi connectivity index (χ2n) is 10.6. The zero-order chi connectivity index (χ0) is 25.3. The largest absolute Gasteiger partial charge is 0.461 e. The lowest BCUT2D eigenvalue weighted by Gasteiger charge is -2.37. The topological polar surface area (TPSA) is 100 Å². The Morgan fingerprint density at radius 3 is 2.42 bits per heavy atom. The van der Waals surface area contributed by atoms with Gasteiger partial charge in [-0.05, 0) is 55.6 Å². The number of benzene rings is 1. The van der Waals surface area contributed by atoms with E-state index in [1.54, 1.807) is 14.0 Å². The van der Waals surface area contributed by atoms with Crippen LogP contribution in [0.3, 0.4) is 0 Å². The molecule has 36 heavy (non-hydrogen) atoms. The maximum atomic E-state index is 11.6. The molecule has 1 atom stereocenters. The van der Waals surface area contributed by atoms with Crippen molar-refractivity contribution in [3.63, 3.8) is 0 Å². The van der Waals surface area contributed by atoms with Gasteiger partial charge in [0.05, 0.1) is 6.61 Å². The third kappa shape index (κ3) is 5.53. The van der Waals surface area contributed by atoms with Gasteiger partial charge >= 0.3 is 6.01 Å². The van der Waals surface area contributed by atoms with Crippen LogP contribution in [-0.4, -0.2) is 65.8 Å². The maximum Gasteiger partial charge on any atom is 0.320 e. The van der Waals surface area contributed by atoms with Crippen molar-refractivity contribution in [2.45, 2.75) is 58.5 Å². The number of aromatic nitrogens is 2. The fraction of sp³-hybridized carbons (Fsp3) is 0.630. The van der Waals surface area contributed by atoms with Crippen molar-refractivity contribution in [3.8, 4) is 6.01 Å². The van der Waals surface area contributed by atoms with E-state index in [1.807, 2.05) is 16.7 Å². The summed E-state index contributed by atoms with van der Waals surface area (Å²) in [5, 5.41) is 11.6. The van der Waals surface area contributed by atoms with E-state index in [1.165, 1.54) is 44.3 Å². The Bertz CT molecular complexity index is 1040.